The summed E-state index contributed by atoms with van der Waals surface area (Å²) in [5, 5.41) is 0. The fourth-order valence-electron chi connectivity index (χ4n) is 3.19. The molecule has 1 aliphatic carbocycles. The van der Waals surface area contributed by atoms with E-state index in [9.17, 15) is 18.0 Å². The van der Waals surface area contributed by atoms with Crippen molar-refractivity contribution in [3.63, 3.8) is 0 Å². The second kappa shape index (κ2) is 6.75. The first kappa shape index (κ1) is 16.7. The van der Waals surface area contributed by atoms with Gasteiger partial charge in [-0.1, -0.05) is 12.1 Å². The maximum Gasteiger partial charge on any atom is 0.416 e. The van der Waals surface area contributed by atoms with Crippen LogP contribution in [-0.2, 0) is 30.2 Å². The highest BCUT2D eigenvalue weighted by molar-refractivity contribution is 5.69. The van der Waals surface area contributed by atoms with Gasteiger partial charge in [0, 0.05) is 17.8 Å². The summed E-state index contributed by atoms with van der Waals surface area (Å²) in [5.41, 5.74) is 4.08. The van der Waals surface area contributed by atoms with Gasteiger partial charge in [0.15, 0.2) is 0 Å². The predicted molar refractivity (Wildman–Crippen MR) is 85.7 cm³/mol. The van der Waals surface area contributed by atoms with Crippen LogP contribution in [0.2, 0.25) is 0 Å². The Morgan fingerprint density at radius 2 is 1.79 bits per heavy atom. The van der Waals surface area contributed by atoms with Crippen molar-refractivity contribution >= 4 is 6.29 Å². The Hall–Kier alpha value is -2.17. The topological polar surface area (TPSA) is 30.0 Å². The third-order valence-electron chi connectivity index (χ3n) is 4.39. The minimum atomic E-state index is -4.33. The van der Waals surface area contributed by atoms with Gasteiger partial charge < -0.3 is 4.79 Å². The third-order valence-corrected chi connectivity index (χ3v) is 4.39. The fraction of sp³-hybridized carbons (Fsp3) is 0.368. The van der Waals surface area contributed by atoms with Gasteiger partial charge in [0.1, 0.15) is 6.29 Å². The summed E-state index contributed by atoms with van der Waals surface area (Å²) in [6.07, 6.45) is 1.41. The van der Waals surface area contributed by atoms with Crippen molar-refractivity contribution in [2.45, 2.75) is 44.7 Å². The molecule has 2 aromatic rings. The Morgan fingerprint density at radius 3 is 2.46 bits per heavy atom. The number of aryl methyl sites for hydroxylation is 2. The maximum absolute atomic E-state index is 12.8. The number of nitrogens with zero attached hydrogens (tertiary/aromatic N) is 1. The van der Waals surface area contributed by atoms with E-state index in [1.165, 1.54) is 12.1 Å². The average Bonchev–Trinajstić information content (AvgIpc) is 2.58. The van der Waals surface area contributed by atoms with Crippen molar-refractivity contribution in [2.24, 2.45) is 0 Å². The van der Waals surface area contributed by atoms with E-state index < -0.39 is 11.7 Å². The summed E-state index contributed by atoms with van der Waals surface area (Å²) in [7, 11) is 0. The number of hydrogen-bond acceptors (Lipinski definition) is 2. The molecule has 0 N–H and O–H groups in total. The molecule has 0 saturated heterocycles. The lowest BCUT2D eigenvalue weighted by Gasteiger charge is -2.20. The van der Waals surface area contributed by atoms with Crippen molar-refractivity contribution in [1.29, 1.82) is 0 Å². The average molecular weight is 333 g/mol. The summed E-state index contributed by atoms with van der Waals surface area (Å²) in [6.45, 7) is 0. The molecule has 0 saturated carbocycles. The molecule has 3 rings (SSSR count). The smallest absolute Gasteiger partial charge is 0.303 e. The molecule has 1 heterocycles. The van der Waals surface area contributed by atoms with Gasteiger partial charge in [-0.15, -0.1) is 0 Å². The van der Waals surface area contributed by atoms with Crippen molar-refractivity contribution in [3.05, 3.63) is 52.8 Å². The normalized spacial score (nSPS) is 14.3. The van der Waals surface area contributed by atoms with E-state index in [-0.39, 0.29) is 0 Å². The van der Waals surface area contributed by atoms with E-state index in [2.05, 4.69) is 4.98 Å². The molecule has 0 bridgehead atoms. The standard InChI is InChI=1S/C19H18F3NO/c20-19(21,22)14-9-7-13(8-10-14)17-12-15(4-3-11-24)23-18-6-2-1-5-16(17)18/h7-12H,1-6H2. The molecule has 0 atom stereocenters. The Balaban J connectivity index is 2.03. The number of carbonyl (C=O) groups excluding carboxylic acids is 1. The zero-order chi connectivity index (χ0) is 17.2. The molecule has 0 aliphatic heterocycles. The van der Waals surface area contributed by atoms with Gasteiger partial charge in [-0.05, 0) is 67.0 Å². The lowest BCUT2D eigenvalue weighted by Crippen LogP contribution is -2.10. The van der Waals surface area contributed by atoms with Crippen LogP contribution in [-0.4, -0.2) is 11.3 Å². The van der Waals surface area contributed by atoms with Crippen LogP contribution in [0.5, 0.6) is 0 Å². The van der Waals surface area contributed by atoms with E-state index in [1.807, 2.05) is 6.07 Å². The molecule has 126 valence electrons. The van der Waals surface area contributed by atoms with Crippen LogP contribution in [0, 0.1) is 0 Å². The SMILES string of the molecule is O=CCCc1cc(-c2ccc(C(F)(F)F)cc2)c2c(n1)CCCC2. The molecular weight excluding hydrogens is 315 g/mol. The lowest BCUT2D eigenvalue weighted by molar-refractivity contribution is -0.137. The molecule has 0 amide bonds. The first-order valence-electron chi connectivity index (χ1n) is 8.12. The second-order valence-electron chi connectivity index (χ2n) is 6.07. The molecule has 1 aromatic heterocycles. The Labute approximate surface area is 138 Å². The number of fused-ring (bicyclic) bond motifs is 1. The molecule has 0 fully saturated rings. The highest BCUT2D eigenvalue weighted by Crippen LogP contribution is 2.34. The molecule has 1 aliphatic rings. The molecular formula is C19H18F3NO. The first-order chi connectivity index (χ1) is 11.5. The highest BCUT2D eigenvalue weighted by atomic mass is 19.4. The van der Waals surface area contributed by atoms with Crippen LogP contribution in [0.3, 0.4) is 0 Å². The second-order valence-corrected chi connectivity index (χ2v) is 6.07. The maximum atomic E-state index is 12.8. The van der Waals surface area contributed by atoms with Crippen LogP contribution in [0.15, 0.2) is 30.3 Å². The lowest BCUT2D eigenvalue weighted by atomic mass is 9.88. The molecule has 1 aromatic carbocycles. The fourth-order valence-corrected chi connectivity index (χ4v) is 3.19. The van der Waals surface area contributed by atoms with Gasteiger partial charge in [0.2, 0.25) is 0 Å². The minimum absolute atomic E-state index is 0.401. The quantitative estimate of drug-likeness (QED) is 0.754. The van der Waals surface area contributed by atoms with Crippen molar-refractivity contribution < 1.29 is 18.0 Å². The molecule has 0 radical (unpaired) electrons. The van der Waals surface area contributed by atoms with Crippen molar-refractivity contribution in [2.75, 3.05) is 0 Å². The van der Waals surface area contributed by atoms with Gasteiger partial charge in [-0.3, -0.25) is 4.98 Å². The Kier molecular flexibility index (Phi) is 4.69. The first-order valence-corrected chi connectivity index (χ1v) is 8.12. The predicted octanol–water partition coefficient (Wildman–Crippen LogP) is 4.78. The zero-order valence-corrected chi connectivity index (χ0v) is 13.2. The number of carbonyl (C=O) groups is 1. The molecule has 24 heavy (non-hydrogen) atoms. The van der Waals surface area contributed by atoms with Crippen molar-refractivity contribution in [3.8, 4) is 11.1 Å². The number of aldehydes is 1. The van der Waals surface area contributed by atoms with E-state index in [0.717, 1.165) is 72.2 Å². The third kappa shape index (κ3) is 3.50. The highest BCUT2D eigenvalue weighted by Gasteiger charge is 2.30. The van der Waals surface area contributed by atoms with Crippen LogP contribution in [0.4, 0.5) is 13.2 Å². The van der Waals surface area contributed by atoms with Gasteiger partial charge in [-0.2, -0.15) is 13.2 Å². The van der Waals surface area contributed by atoms with Gasteiger partial charge in [-0.25, -0.2) is 0 Å². The zero-order valence-electron chi connectivity index (χ0n) is 13.2. The number of aromatic nitrogens is 1. The van der Waals surface area contributed by atoms with Crippen LogP contribution < -0.4 is 0 Å². The van der Waals surface area contributed by atoms with Crippen molar-refractivity contribution in [1.82, 2.24) is 4.98 Å². The summed E-state index contributed by atoms with van der Waals surface area (Å²) in [5.74, 6) is 0. The largest absolute Gasteiger partial charge is 0.416 e. The van der Waals surface area contributed by atoms with E-state index in [4.69, 9.17) is 0 Å². The van der Waals surface area contributed by atoms with Gasteiger partial charge in [0.05, 0.1) is 5.56 Å². The Bertz CT molecular complexity index is 736. The summed E-state index contributed by atoms with van der Waals surface area (Å²) in [6, 6.07) is 7.22. The molecule has 2 nitrogen and oxygen atoms in total. The van der Waals surface area contributed by atoms with E-state index in [1.54, 1.807) is 0 Å². The number of alkyl halides is 3. The molecule has 0 unspecified atom stereocenters. The summed E-state index contributed by atoms with van der Waals surface area (Å²) >= 11 is 0. The van der Waals surface area contributed by atoms with Gasteiger partial charge >= 0.3 is 6.18 Å². The van der Waals surface area contributed by atoms with Crippen LogP contribution in [0.25, 0.3) is 11.1 Å². The molecule has 5 heteroatoms. The molecule has 0 spiro atoms. The van der Waals surface area contributed by atoms with Crippen LogP contribution >= 0.6 is 0 Å². The number of rotatable bonds is 4. The van der Waals surface area contributed by atoms with Gasteiger partial charge in [0.25, 0.3) is 0 Å². The van der Waals surface area contributed by atoms with E-state index >= 15 is 0 Å². The monoisotopic (exact) mass is 333 g/mol. The number of hydrogen-bond donors (Lipinski definition) is 0. The number of halogens is 3. The number of pyridine rings is 1. The number of benzene rings is 1. The van der Waals surface area contributed by atoms with Crippen LogP contribution in [0.1, 0.15) is 41.8 Å². The summed E-state index contributed by atoms with van der Waals surface area (Å²) in [4.78, 5) is 15.3. The minimum Gasteiger partial charge on any atom is -0.303 e. The Morgan fingerprint density at radius 1 is 1.08 bits per heavy atom. The van der Waals surface area contributed by atoms with E-state index in [0.29, 0.717) is 12.8 Å². The summed E-state index contributed by atoms with van der Waals surface area (Å²) < 4.78 is 38.3.